The molecule has 0 heterocycles. The zero-order valence-corrected chi connectivity index (χ0v) is 11.6. The molecule has 4 nitrogen and oxygen atoms in total. The van der Waals surface area contributed by atoms with E-state index in [-0.39, 0.29) is 19.0 Å². The lowest BCUT2D eigenvalue weighted by atomic mass is 10.0. The molecule has 0 amide bonds. The Morgan fingerprint density at radius 1 is 1.25 bits per heavy atom. The van der Waals surface area contributed by atoms with E-state index in [9.17, 15) is 9.90 Å². The summed E-state index contributed by atoms with van der Waals surface area (Å²) in [5.74, 6) is 0.311. The van der Waals surface area contributed by atoms with E-state index in [0.717, 1.165) is 10.8 Å². The van der Waals surface area contributed by atoms with Crippen molar-refractivity contribution in [3.05, 3.63) is 42.0 Å². The van der Waals surface area contributed by atoms with Crippen LogP contribution in [0.3, 0.4) is 0 Å². The lowest BCUT2D eigenvalue weighted by Crippen LogP contribution is -2.09. The average Bonchev–Trinajstić information content (AvgIpc) is 2.46. The van der Waals surface area contributed by atoms with Crippen molar-refractivity contribution in [2.24, 2.45) is 0 Å². The van der Waals surface area contributed by atoms with Gasteiger partial charge >= 0.3 is 5.97 Å². The first-order chi connectivity index (χ1) is 9.63. The summed E-state index contributed by atoms with van der Waals surface area (Å²) in [7, 11) is 1.35. The Balaban J connectivity index is 2.32. The smallest absolute Gasteiger partial charge is 0.308 e. The van der Waals surface area contributed by atoms with Crippen LogP contribution in [0.25, 0.3) is 10.8 Å². The highest BCUT2D eigenvalue weighted by Gasteiger charge is 2.13. The van der Waals surface area contributed by atoms with Crippen molar-refractivity contribution in [2.75, 3.05) is 13.7 Å². The number of hydrogen-bond acceptors (Lipinski definition) is 4. The predicted octanol–water partition coefficient (Wildman–Crippen LogP) is 2.84. The Bertz CT molecular complexity index is 604. The molecule has 20 heavy (non-hydrogen) atoms. The van der Waals surface area contributed by atoms with Gasteiger partial charge in [0.25, 0.3) is 0 Å². The molecule has 0 spiro atoms. The molecule has 2 aromatic carbocycles. The Hall–Kier alpha value is -2.07. The summed E-state index contributed by atoms with van der Waals surface area (Å²) in [6.07, 6.45) is -0.452. The van der Waals surface area contributed by atoms with Crippen molar-refractivity contribution in [1.29, 1.82) is 0 Å². The second-order valence-electron chi connectivity index (χ2n) is 4.56. The highest BCUT2D eigenvalue weighted by Crippen LogP contribution is 2.33. The van der Waals surface area contributed by atoms with Gasteiger partial charge in [-0.3, -0.25) is 4.79 Å². The Morgan fingerprint density at radius 2 is 2.00 bits per heavy atom. The van der Waals surface area contributed by atoms with Gasteiger partial charge in [0.05, 0.1) is 26.2 Å². The summed E-state index contributed by atoms with van der Waals surface area (Å²) in [5, 5.41) is 11.8. The third-order valence-corrected chi connectivity index (χ3v) is 3.14. The van der Waals surface area contributed by atoms with Crippen molar-refractivity contribution in [1.82, 2.24) is 0 Å². The number of fused-ring (bicyclic) bond motifs is 1. The molecule has 4 heteroatoms. The van der Waals surface area contributed by atoms with Crippen molar-refractivity contribution in [3.8, 4) is 5.75 Å². The molecule has 1 atom stereocenters. The van der Waals surface area contributed by atoms with E-state index in [2.05, 4.69) is 4.74 Å². The summed E-state index contributed by atoms with van der Waals surface area (Å²) in [6, 6.07) is 11.6. The molecule has 0 aliphatic rings. The summed E-state index contributed by atoms with van der Waals surface area (Å²) >= 11 is 0. The normalized spacial score (nSPS) is 12.2. The predicted molar refractivity (Wildman–Crippen MR) is 76.7 cm³/mol. The van der Waals surface area contributed by atoms with Gasteiger partial charge in [0, 0.05) is 10.9 Å². The molecular weight excluding hydrogens is 256 g/mol. The maximum Gasteiger partial charge on any atom is 0.308 e. The number of carbonyl (C=O) groups excluding carboxylic acids is 1. The summed E-state index contributed by atoms with van der Waals surface area (Å²) < 4.78 is 10.3. The molecule has 2 rings (SSSR count). The SMILES string of the molecule is COC(=O)CCOc1c(C(C)O)ccc2ccccc12. The summed E-state index contributed by atoms with van der Waals surface area (Å²) in [4.78, 5) is 11.1. The van der Waals surface area contributed by atoms with Crippen molar-refractivity contribution in [2.45, 2.75) is 19.4 Å². The number of benzene rings is 2. The van der Waals surface area contributed by atoms with Crippen LogP contribution in [0.5, 0.6) is 5.75 Å². The summed E-state index contributed by atoms with van der Waals surface area (Å²) in [5.41, 5.74) is 0.716. The van der Waals surface area contributed by atoms with Crippen molar-refractivity contribution < 1.29 is 19.4 Å². The summed E-state index contributed by atoms with van der Waals surface area (Å²) in [6.45, 7) is 1.91. The monoisotopic (exact) mass is 274 g/mol. The van der Waals surface area contributed by atoms with E-state index in [0.29, 0.717) is 11.3 Å². The maximum atomic E-state index is 11.1. The van der Waals surface area contributed by atoms with Crippen LogP contribution in [-0.4, -0.2) is 24.8 Å². The number of aliphatic hydroxyl groups is 1. The quantitative estimate of drug-likeness (QED) is 0.852. The molecule has 1 N–H and O–H groups in total. The van der Waals surface area contributed by atoms with E-state index in [1.54, 1.807) is 6.92 Å². The molecule has 0 radical (unpaired) electrons. The highest BCUT2D eigenvalue weighted by molar-refractivity contribution is 5.89. The first kappa shape index (κ1) is 14.3. The minimum absolute atomic E-state index is 0.180. The minimum atomic E-state index is -0.632. The van der Waals surface area contributed by atoms with E-state index in [1.165, 1.54) is 7.11 Å². The fourth-order valence-corrected chi connectivity index (χ4v) is 2.09. The van der Waals surface area contributed by atoms with Gasteiger partial charge in [-0.1, -0.05) is 36.4 Å². The van der Waals surface area contributed by atoms with Crippen LogP contribution in [0.2, 0.25) is 0 Å². The second-order valence-corrected chi connectivity index (χ2v) is 4.56. The molecule has 0 saturated carbocycles. The second kappa shape index (κ2) is 6.39. The maximum absolute atomic E-state index is 11.1. The largest absolute Gasteiger partial charge is 0.492 e. The average molecular weight is 274 g/mol. The Morgan fingerprint density at radius 3 is 2.70 bits per heavy atom. The Labute approximate surface area is 117 Å². The van der Waals surface area contributed by atoms with Gasteiger partial charge in [0.15, 0.2) is 0 Å². The molecule has 0 bridgehead atoms. The molecule has 2 aromatic rings. The van der Waals surface area contributed by atoms with E-state index in [1.807, 2.05) is 36.4 Å². The Kier molecular flexibility index (Phi) is 4.58. The third kappa shape index (κ3) is 3.08. The van der Waals surface area contributed by atoms with Gasteiger partial charge in [-0.15, -0.1) is 0 Å². The zero-order valence-electron chi connectivity index (χ0n) is 11.6. The van der Waals surface area contributed by atoms with Crippen LogP contribution < -0.4 is 4.74 Å². The number of rotatable bonds is 5. The first-order valence-corrected chi connectivity index (χ1v) is 6.53. The first-order valence-electron chi connectivity index (χ1n) is 6.53. The van der Waals surface area contributed by atoms with Gasteiger partial charge in [0.1, 0.15) is 5.75 Å². The van der Waals surface area contributed by atoms with Crippen LogP contribution in [0.1, 0.15) is 25.0 Å². The molecule has 0 aliphatic heterocycles. The van der Waals surface area contributed by atoms with Crippen LogP contribution in [-0.2, 0) is 9.53 Å². The molecule has 106 valence electrons. The van der Waals surface area contributed by atoms with E-state index in [4.69, 9.17) is 4.74 Å². The molecule has 0 saturated heterocycles. The van der Waals surface area contributed by atoms with Crippen LogP contribution in [0, 0.1) is 0 Å². The fraction of sp³-hybridized carbons (Fsp3) is 0.312. The van der Waals surface area contributed by atoms with Gasteiger partial charge in [-0.05, 0) is 12.3 Å². The highest BCUT2D eigenvalue weighted by atomic mass is 16.5. The van der Waals surface area contributed by atoms with Gasteiger partial charge in [0.2, 0.25) is 0 Å². The van der Waals surface area contributed by atoms with Crippen LogP contribution in [0.15, 0.2) is 36.4 Å². The van der Waals surface area contributed by atoms with E-state index >= 15 is 0 Å². The standard InChI is InChI=1S/C16H18O4/c1-11(17)13-8-7-12-5-3-4-6-14(12)16(13)20-10-9-15(18)19-2/h3-8,11,17H,9-10H2,1-2H3. The number of ether oxygens (including phenoxy) is 2. The van der Waals surface area contributed by atoms with Crippen molar-refractivity contribution in [3.63, 3.8) is 0 Å². The molecular formula is C16H18O4. The molecule has 0 aliphatic carbocycles. The van der Waals surface area contributed by atoms with Crippen molar-refractivity contribution >= 4 is 16.7 Å². The minimum Gasteiger partial charge on any atom is -0.492 e. The fourth-order valence-electron chi connectivity index (χ4n) is 2.09. The molecule has 0 aromatic heterocycles. The third-order valence-electron chi connectivity index (χ3n) is 3.14. The molecule has 1 unspecified atom stereocenters. The topological polar surface area (TPSA) is 55.8 Å². The van der Waals surface area contributed by atoms with Gasteiger partial charge in [-0.25, -0.2) is 0 Å². The molecule has 0 fully saturated rings. The number of aliphatic hydroxyl groups excluding tert-OH is 1. The van der Waals surface area contributed by atoms with Gasteiger partial charge in [-0.2, -0.15) is 0 Å². The van der Waals surface area contributed by atoms with E-state index < -0.39 is 6.10 Å². The zero-order chi connectivity index (χ0) is 14.5. The number of carbonyl (C=O) groups is 1. The lowest BCUT2D eigenvalue weighted by Gasteiger charge is -2.16. The number of esters is 1. The van der Waals surface area contributed by atoms with Crippen LogP contribution in [0.4, 0.5) is 0 Å². The number of hydrogen-bond donors (Lipinski definition) is 1. The van der Waals surface area contributed by atoms with Gasteiger partial charge < -0.3 is 14.6 Å². The lowest BCUT2D eigenvalue weighted by molar-refractivity contribution is -0.141. The number of methoxy groups -OCH3 is 1. The van der Waals surface area contributed by atoms with Crippen LogP contribution >= 0.6 is 0 Å².